The highest BCUT2D eigenvalue weighted by molar-refractivity contribution is 6.30. The normalized spacial score (nSPS) is 11.3. The Balaban J connectivity index is 2.35. The number of rotatable bonds is 4. The van der Waals surface area contributed by atoms with Gasteiger partial charge in [-0.2, -0.15) is 0 Å². The lowest BCUT2D eigenvalue weighted by molar-refractivity contribution is -0.274. The Labute approximate surface area is 128 Å². The van der Waals surface area contributed by atoms with E-state index in [1.165, 1.54) is 24.4 Å². The van der Waals surface area contributed by atoms with Crippen LogP contribution in [0.2, 0.25) is 5.02 Å². The molecule has 0 aliphatic rings. The summed E-state index contributed by atoms with van der Waals surface area (Å²) in [4.78, 5) is 14.8. The van der Waals surface area contributed by atoms with Crippen LogP contribution in [0, 0.1) is 0 Å². The highest BCUT2D eigenvalue weighted by Gasteiger charge is 2.31. The van der Waals surface area contributed by atoms with Gasteiger partial charge in [0.05, 0.1) is 17.1 Å². The van der Waals surface area contributed by atoms with Gasteiger partial charge in [-0.25, -0.2) is 0 Å². The van der Waals surface area contributed by atoms with Gasteiger partial charge < -0.3 is 9.84 Å². The number of hydrogen-bond acceptors (Lipinski definition) is 3. The lowest BCUT2D eigenvalue weighted by Gasteiger charge is -2.11. The van der Waals surface area contributed by atoms with Crippen molar-refractivity contribution < 1.29 is 27.8 Å². The third kappa shape index (κ3) is 4.36. The Hall–Kier alpha value is -2.28. The molecule has 0 radical (unpaired) electrons. The summed E-state index contributed by atoms with van der Waals surface area (Å²) < 4.78 is 40.1. The van der Waals surface area contributed by atoms with Crippen LogP contribution in [0.5, 0.6) is 5.75 Å². The molecule has 0 unspecified atom stereocenters. The third-order valence-corrected chi connectivity index (χ3v) is 2.86. The Kier molecular flexibility index (Phi) is 4.56. The number of ether oxygens (including phenoxy) is 1. The largest absolute Gasteiger partial charge is 0.573 e. The number of hydrogen-bond donors (Lipinski definition) is 1. The summed E-state index contributed by atoms with van der Waals surface area (Å²) in [7, 11) is 0. The molecule has 0 fully saturated rings. The van der Waals surface area contributed by atoms with Gasteiger partial charge in [-0.15, -0.1) is 13.2 Å². The van der Waals surface area contributed by atoms with E-state index in [-0.39, 0.29) is 17.9 Å². The predicted molar refractivity (Wildman–Crippen MR) is 72.7 cm³/mol. The lowest BCUT2D eigenvalue weighted by Crippen LogP contribution is -2.16. The number of nitrogens with zero attached hydrogens (tertiary/aromatic N) is 1. The van der Waals surface area contributed by atoms with Crippen LogP contribution in [0.1, 0.15) is 5.69 Å². The Bertz CT molecular complexity index is 687. The summed E-state index contributed by atoms with van der Waals surface area (Å²) in [5.41, 5.74) is 1.19. The number of halogens is 4. The fourth-order valence-corrected chi connectivity index (χ4v) is 2.00. The SMILES string of the molecule is O=C(O)Cc1ncc(Cl)cc1-c1ccc(OC(F)(F)F)cc1. The van der Waals surface area contributed by atoms with E-state index in [1.54, 1.807) is 0 Å². The van der Waals surface area contributed by atoms with Crippen molar-refractivity contribution in [2.24, 2.45) is 0 Å². The van der Waals surface area contributed by atoms with E-state index in [4.69, 9.17) is 16.7 Å². The van der Waals surface area contributed by atoms with Gasteiger partial charge >= 0.3 is 12.3 Å². The van der Waals surface area contributed by atoms with E-state index in [1.807, 2.05) is 0 Å². The number of aliphatic carboxylic acids is 1. The maximum atomic E-state index is 12.1. The van der Waals surface area contributed by atoms with Gasteiger partial charge in [0.2, 0.25) is 0 Å². The van der Waals surface area contributed by atoms with Gasteiger partial charge in [0.1, 0.15) is 5.75 Å². The van der Waals surface area contributed by atoms with Gasteiger partial charge in [-0.1, -0.05) is 23.7 Å². The second kappa shape index (κ2) is 6.23. The molecule has 1 N–H and O–H groups in total. The molecule has 116 valence electrons. The summed E-state index contributed by atoms with van der Waals surface area (Å²) in [6.07, 6.45) is -3.79. The summed E-state index contributed by atoms with van der Waals surface area (Å²) in [6, 6.07) is 6.52. The van der Waals surface area contributed by atoms with Crippen molar-refractivity contribution in [2.45, 2.75) is 12.8 Å². The molecule has 0 spiro atoms. The van der Waals surface area contributed by atoms with Crippen molar-refractivity contribution in [3.63, 3.8) is 0 Å². The second-order valence-electron chi connectivity index (χ2n) is 4.29. The van der Waals surface area contributed by atoms with Gasteiger partial charge in [0.15, 0.2) is 0 Å². The Morgan fingerprint density at radius 3 is 2.45 bits per heavy atom. The zero-order valence-corrected chi connectivity index (χ0v) is 11.6. The fraction of sp³-hybridized carbons (Fsp3) is 0.143. The Morgan fingerprint density at radius 2 is 1.91 bits per heavy atom. The van der Waals surface area contributed by atoms with Crippen LogP contribution in [0.25, 0.3) is 11.1 Å². The third-order valence-electron chi connectivity index (χ3n) is 2.65. The first-order chi connectivity index (χ1) is 10.2. The molecule has 0 aliphatic carbocycles. The van der Waals surface area contributed by atoms with Crippen molar-refractivity contribution in [1.82, 2.24) is 4.98 Å². The molecule has 0 saturated carbocycles. The van der Waals surface area contributed by atoms with Crippen LogP contribution < -0.4 is 4.74 Å². The summed E-state index contributed by atoms with van der Waals surface area (Å²) in [5.74, 6) is -1.45. The van der Waals surface area contributed by atoms with Crippen molar-refractivity contribution in [1.29, 1.82) is 0 Å². The molecular formula is C14H9ClF3NO3. The van der Waals surface area contributed by atoms with Gasteiger partial charge in [-0.05, 0) is 23.8 Å². The molecule has 1 heterocycles. The summed E-state index contributed by atoms with van der Waals surface area (Å²) in [5, 5.41) is 9.15. The molecule has 0 aliphatic heterocycles. The van der Waals surface area contributed by atoms with Crippen molar-refractivity contribution >= 4 is 17.6 Å². The monoisotopic (exact) mass is 331 g/mol. The number of alkyl halides is 3. The molecular weight excluding hydrogens is 323 g/mol. The maximum absolute atomic E-state index is 12.1. The zero-order chi connectivity index (χ0) is 16.3. The number of aromatic nitrogens is 1. The molecule has 2 aromatic rings. The van der Waals surface area contributed by atoms with E-state index in [9.17, 15) is 18.0 Å². The summed E-state index contributed by atoms with van der Waals surface area (Å²) in [6.45, 7) is 0. The van der Waals surface area contributed by atoms with Gasteiger partial charge in [0.25, 0.3) is 0 Å². The van der Waals surface area contributed by atoms with Crippen LogP contribution in [-0.2, 0) is 11.2 Å². The number of benzene rings is 1. The van der Waals surface area contributed by atoms with Crippen LogP contribution in [0.4, 0.5) is 13.2 Å². The highest BCUT2D eigenvalue weighted by atomic mass is 35.5. The molecule has 0 saturated heterocycles. The number of pyridine rings is 1. The molecule has 0 bridgehead atoms. The minimum absolute atomic E-state index is 0.265. The first-order valence-electron chi connectivity index (χ1n) is 5.97. The molecule has 1 aromatic carbocycles. The Morgan fingerprint density at radius 1 is 1.27 bits per heavy atom. The van der Waals surface area contributed by atoms with Gasteiger partial charge in [0, 0.05) is 11.8 Å². The molecule has 0 amide bonds. The van der Waals surface area contributed by atoms with E-state index in [0.717, 1.165) is 12.1 Å². The first-order valence-corrected chi connectivity index (χ1v) is 6.35. The van der Waals surface area contributed by atoms with Crippen LogP contribution in [-0.4, -0.2) is 22.4 Å². The van der Waals surface area contributed by atoms with Crippen LogP contribution in [0.15, 0.2) is 36.5 Å². The average molecular weight is 332 g/mol. The number of carboxylic acid groups (broad SMARTS) is 1. The van der Waals surface area contributed by atoms with Crippen molar-refractivity contribution in [3.05, 3.63) is 47.2 Å². The van der Waals surface area contributed by atoms with Crippen molar-refractivity contribution in [3.8, 4) is 16.9 Å². The molecule has 8 heteroatoms. The zero-order valence-electron chi connectivity index (χ0n) is 10.9. The van der Waals surface area contributed by atoms with E-state index in [2.05, 4.69) is 9.72 Å². The smallest absolute Gasteiger partial charge is 0.481 e. The number of carboxylic acids is 1. The topological polar surface area (TPSA) is 59.4 Å². The molecule has 4 nitrogen and oxygen atoms in total. The predicted octanol–water partition coefficient (Wildman–Crippen LogP) is 3.93. The standard InChI is InChI=1S/C14H9ClF3NO3/c15-9-5-11(12(19-7-9)6-13(20)21)8-1-3-10(4-2-8)22-14(16,17)18/h1-5,7H,6H2,(H,20,21). The van der Waals surface area contributed by atoms with E-state index < -0.39 is 12.3 Å². The minimum Gasteiger partial charge on any atom is -0.481 e. The van der Waals surface area contributed by atoms with Crippen LogP contribution >= 0.6 is 11.6 Å². The van der Waals surface area contributed by atoms with E-state index >= 15 is 0 Å². The van der Waals surface area contributed by atoms with Gasteiger partial charge in [-0.3, -0.25) is 9.78 Å². The quantitative estimate of drug-likeness (QED) is 0.922. The van der Waals surface area contributed by atoms with Crippen LogP contribution in [0.3, 0.4) is 0 Å². The first kappa shape index (κ1) is 16.1. The lowest BCUT2D eigenvalue weighted by atomic mass is 10.0. The van der Waals surface area contributed by atoms with Crippen molar-refractivity contribution in [2.75, 3.05) is 0 Å². The summed E-state index contributed by atoms with van der Waals surface area (Å²) >= 11 is 5.84. The average Bonchev–Trinajstić information content (AvgIpc) is 2.39. The minimum atomic E-state index is -4.77. The highest BCUT2D eigenvalue weighted by Crippen LogP contribution is 2.29. The molecule has 22 heavy (non-hydrogen) atoms. The fourth-order valence-electron chi connectivity index (χ4n) is 1.84. The number of carbonyl (C=O) groups is 1. The molecule has 2 rings (SSSR count). The second-order valence-corrected chi connectivity index (χ2v) is 4.73. The molecule has 0 atom stereocenters. The maximum Gasteiger partial charge on any atom is 0.573 e. The van der Waals surface area contributed by atoms with E-state index in [0.29, 0.717) is 16.1 Å². The molecule has 1 aromatic heterocycles.